The van der Waals surface area contributed by atoms with Gasteiger partial charge in [-0.3, -0.25) is 0 Å². The Morgan fingerprint density at radius 3 is 2.56 bits per heavy atom. The maximum atomic E-state index is 13.6. The van der Waals surface area contributed by atoms with Crippen LogP contribution in [0, 0.1) is 11.6 Å². The van der Waals surface area contributed by atoms with Gasteiger partial charge in [0.15, 0.2) is 11.4 Å². The van der Waals surface area contributed by atoms with Crippen molar-refractivity contribution in [3.05, 3.63) is 34.0 Å². The number of fused-ring (bicyclic) bond motifs is 1. The molecule has 0 aliphatic heterocycles. The fourth-order valence-electron chi connectivity index (χ4n) is 1.58. The first-order valence-corrected chi connectivity index (χ1v) is 6.38. The third-order valence-corrected chi connectivity index (χ3v) is 3.15. The molecule has 0 aliphatic rings. The summed E-state index contributed by atoms with van der Waals surface area (Å²) in [5, 5.41) is 3.77. The fourth-order valence-corrected chi connectivity index (χ4v) is 2.08. The molecule has 0 aliphatic carbocycles. The minimum absolute atomic E-state index is 0.0485. The van der Waals surface area contributed by atoms with Gasteiger partial charge in [-0.25, -0.2) is 4.39 Å². The van der Waals surface area contributed by atoms with Crippen molar-refractivity contribution in [3.8, 4) is 0 Å². The maximum Gasteiger partial charge on any atom is 0.201 e. The molecule has 2 aromatic rings. The van der Waals surface area contributed by atoms with Crippen LogP contribution in [-0.4, -0.2) is 5.54 Å². The van der Waals surface area contributed by atoms with Crippen LogP contribution in [0.2, 0.25) is 0 Å². The Hall–Kier alpha value is -0.940. The molecule has 0 radical (unpaired) electrons. The Bertz CT molecular complexity index is 587. The van der Waals surface area contributed by atoms with Crippen LogP contribution < -0.4 is 5.32 Å². The summed E-state index contributed by atoms with van der Waals surface area (Å²) >= 11 is 3.20. The molecule has 0 fully saturated rings. The molecule has 2 rings (SSSR count). The maximum absolute atomic E-state index is 13.6. The Morgan fingerprint density at radius 2 is 1.94 bits per heavy atom. The van der Waals surface area contributed by atoms with E-state index in [1.807, 2.05) is 20.8 Å². The molecule has 0 bridgehead atoms. The minimum atomic E-state index is -0.949. The van der Waals surface area contributed by atoms with Gasteiger partial charge < -0.3 is 9.73 Å². The summed E-state index contributed by atoms with van der Waals surface area (Å²) in [5.74, 6) is -1.29. The lowest BCUT2D eigenvalue weighted by Crippen LogP contribution is -2.34. The van der Waals surface area contributed by atoms with Crippen LogP contribution in [0.4, 0.5) is 8.78 Å². The second-order valence-corrected chi connectivity index (χ2v) is 6.07. The quantitative estimate of drug-likeness (QED) is 0.832. The zero-order chi connectivity index (χ0) is 13.5. The molecule has 1 heterocycles. The Morgan fingerprint density at radius 1 is 1.28 bits per heavy atom. The summed E-state index contributed by atoms with van der Waals surface area (Å²) in [4.78, 5) is 0. The summed E-state index contributed by atoms with van der Waals surface area (Å²) in [6, 6.07) is 2.81. The van der Waals surface area contributed by atoms with E-state index in [0.717, 1.165) is 6.07 Å². The van der Waals surface area contributed by atoms with Crippen LogP contribution in [0.15, 0.2) is 21.0 Å². The predicted octanol–water partition coefficient (Wildman–Crippen LogP) is 4.36. The molecule has 0 atom stereocenters. The lowest BCUT2D eigenvalue weighted by Gasteiger charge is -2.19. The van der Waals surface area contributed by atoms with Crippen LogP contribution in [0.1, 0.15) is 26.5 Å². The number of hydrogen-bond acceptors (Lipinski definition) is 2. The molecule has 0 saturated carbocycles. The van der Waals surface area contributed by atoms with Gasteiger partial charge in [0.05, 0.1) is 6.54 Å². The van der Waals surface area contributed by atoms with E-state index < -0.39 is 11.6 Å². The normalized spacial score (nSPS) is 12.3. The Balaban J connectivity index is 2.38. The van der Waals surface area contributed by atoms with E-state index in [0.29, 0.717) is 22.2 Å². The van der Waals surface area contributed by atoms with Crippen molar-refractivity contribution in [3.63, 3.8) is 0 Å². The first-order valence-electron chi connectivity index (χ1n) is 5.59. The van der Waals surface area contributed by atoms with E-state index in [1.54, 1.807) is 6.07 Å². The van der Waals surface area contributed by atoms with Crippen LogP contribution >= 0.6 is 15.9 Å². The molecule has 2 nitrogen and oxygen atoms in total. The predicted molar refractivity (Wildman–Crippen MR) is 70.4 cm³/mol. The molecule has 0 amide bonds. The molecule has 5 heteroatoms. The number of nitrogens with one attached hydrogen (secondary N) is 1. The fraction of sp³-hybridized carbons (Fsp3) is 0.385. The number of benzene rings is 1. The topological polar surface area (TPSA) is 25.2 Å². The van der Waals surface area contributed by atoms with Crippen LogP contribution in [0.5, 0.6) is 0 Å². The van der Waals surface area contributed by atoms with Gasteiger partial charge in [0.1, 0.15) is 5.76 Å². The van der Waals surface area contributed by atoms with Gasteiger partial charge >= 0.3 is 0 Å². The van der Waals surface area contributed by atoms with E-state index in [4.69, 9.17) is 4.42 Å². The summed E-state index contributed by atoms with van der Waals surface area (Å²) < 4.78 is 32.6. The second-order valence-electron chi connectivity index (χ2n) is 5.21. The van der Waals surface area contributed by atoms with Gasteiger partial charge in [0.25, 0.3) is 0 Å². The molecule has 0 unspecified atom stereocenters. The van der Waals surface area contributed by atoms with Gasteiger partial charge in [-0.2, -0.15) is 4.39 Å². The van der Waals surface area contributed by atoms with Crippen molar-refractivity contribution in [2.45, 2.75) is 32.9 Å². The number of rotatable bonds is 2. The molecule has 0 spiro atoms. The zero-order valence-electron chi connectivity index (χ0n) is 10.4. The first kappa shape index (κ1) is 13.5. The summed E-state index contributed by atoms with van der Waals surface area (Å²) in [7, 11) is 0. The van der Waals surface area contributed by atoms with Crippen molar-refractivity contribution < 1.29 is 13.2 Å². The standard InChI is InChI=1S/C13H14BrF2NO/c1-13(2,3)17-6-7-4-8-9(14)5-10(15)11(16)12(8)18-7/h4-5,17H,6H2,1-3H3. The SMILES string of the molecule is CC(C)(C)NCc1cc2c(Br)cc(F)c(F)c2o1. The lowest BCUT2D eigenvalue weighted by molar-refractivity contribution is 0.391. The smallest absolute Gasteiger partial charge is 0.201 e. The number of furan rings is 1. The third kappa shape index (κ3) is 2.72. The molecule has 1 N–H and O–H groups in total. The van der Waals surface area contributed by atoms with Crippen LogP contribution in [0.25, 0.3) is 11.0 Å². The van der Waals surface area contributed by atoms with E-state index in [1.165, 1.54) is 0 Å². The molecule has 1 aromatic heterocycles. The van der Waals surface area contributed by atoms with E-state index in [2.05, 4.69) is 21.2 Å². The van der Waals surface area contributed by atoms with Crippen LogP contribution in [-0.2, 0) is 6.54 Å². The van der Waals surface area contributed by atoms with Gasteiger partial charge in [-0.1, -0.05) is 0 Å². The van der Waals surface area contributed by atoms with Gasteiger partial charge in [0.2, 0.25) is 5.82 Å². The summed E-state index contributed by atoms with van der Waals surface area (Å²) in [6.07, 6.45) is 0. The van der Waals surface area contributed by atoms with Crippen molar-refractivity contribution in [2.75, 3.05) is 0 Å². The molecule has 1 aromatic carbocycles. The van der Waals surface area contributed by atoms with Crippen molar-refractivity contribution in [2.24, 2.45) is 0 Å². The minimum Gasteiger partial charge on any atom is -0.456 e. The molecule has 0 saturated heterocycles. The lowest BCUT2D eigenvalue weighted by atomic mass is 10.1. The number of hydrogen-bond donors (Lipinski definition) is 1. The highest BCUT2D eigenvalue weighted by Crippen LogP contribution is 2.31. The number of halogens is 3. The van der Waals surface area contributed by atoms with Crippen molar-refractivity contribution in [1.82, 2.24) is 5.32 Å². The Kier molecular flexibility index (Phi) is 3.47. The van der Waals surface area contributed by atoms with Crippen LogP contribution in [0.3, 0.4) is 0 Å². The molecule has 18 heavy (non-hydrogen) atoms. The molecular formula is C13H14BrF2NO. The average molecular weight is 318 g/mol. The van der Waals surface area contributed by atoms with Crippen molar-refractivity contribution >= 4 is 26.9 Å². The van der Waals surface area contributed by atoms with Gasteiger partial charge in [0, 0.05) is 15.4 Å². The second kappa shape index (κ2) is 4.63. The third-order valence-electron chi connectivity index (χ3n) is 2.50. The van der Waals surface area contributed by atoms with Gasteiger partial charge in [-0.05, 0) is 48.8 Å². The average Bonchev–Trinajstić information content (AvgIpc) is 2.67. The molecule has 98 valence electrons. The highest BCUT2D eigenvalue weighted by molar-refractivity contribution is 9.10. The van der Waals surface area contributed by atoms with E-state index >= 15 is 0 Å². The largest absolute Gasteiger partial charge is 0.456 e. The van der Waals surface area contributed by atoms with Crippen molar-refractivity contribution in [1.29, 1.82) is 0 Å². The Labute approximate surface area is 112 Å². The monoisotopic (exact) mass is 317 g/mol. The van der Waals surface area contributed by atoms with E-state index in [-0.39, 0.29) is 11.1 Å². The molecular weight excluding hydrogens is 304 g/mol. The highest BCUT2D eigenvalue weighted by atomic mass is 79.9. The van der Waals surface area contributed by atoms with E-state index in [9.17, 15) is 8.78 Å². The highest BCUT2D eigenvalue weighted by Gasteiger charge is 2.17. The zero-order valence-corrected chi connectivity index (χ0v) is 12.0. The summed E-state index contributed by atoms with van der Waals surface area (Å²) in [5.41, 5.74) is -0.118. The van der Waals surface area contributed by atoms with Gasteiger partial charge in [-0.15, -0.1) is 0 Å². The summed E-state index contributed by atoms with van der Waals surface area (Å²) in [6.45, 7) is 6.52. The first-order chi connectivity index (χ1) is 8.28.